The van der Waals surface area contributed by atoms with Crippen molar-refractivity contribution in [1.82, 2.24) is 19.8 Å². The Morgan fingerprint density at radius 3 is 2.24 bits per heavy atom. The molecule has 3 heterocycles. The molecule has 1 aliphatic heterocycles. The average molecular weight is 510 g/mol. The summed E-state index contributed by atoms with van der Waals surface area (Å²) in [7, 11) is 0. The van der Waals surface area contributed by atoms with Crippen molar-refractivity contribution in [3.63, 3.8) is 0 Å². The zero-order valence-electron chi connectivity index (χ0n) is 20.2. The number of alkyl halides is 3. The Balaban J connectivity index is 1.24. The van der Waals surface area contributed by atoms with Gasteiger partial charge in [-0.15, -0.1) is 0 Å². The van der Waals surface area contributed by atoms with Crippen LogP contribution in [0.1, 0.15) is 11.3 Å². The van der Waals surface area contributed by atoms with E-state index in [9.17, 15) is 17.6 Å². The third-order valence-electron chi connectivity index (χ3n) is 6.61. The van der Waals surface area contributed by atoms with Crippen LogP contribution in [0.25, 0.3) is 22.0 Å². The number of pyridine rings is 2. The Hall–Kier alpha value is -3.56. The van der Waals surface area contributed by atoms with Crippen molar-refractivity contribution < 1.29 is 17.6 Å². The minimum atomic E-state index is -4.53. The van der Waals surface area contributed by atoms with Crippen molar-refractivity contribution in [2.24, 2.45) is 0 Å². The van der Waals surface area contributed by atoms with Crippen LogP contribution in [0.2, 0.25) is 0 Å². The highest BCUT2D eigenvalue weighted by Crippen LogP contribution is 2.34. The zero-order valence-corrected chi connectivity index (χ0v) is 20.2. The molecule has 0 amide bonds. The van der Waals surface area contributed by atoms with Crippen LogP contribution >= 0.6 is 0 Å². The van der Waals surface area contributed by atoms with Crippen molar-refractivity contribution in [3.8, 4) is 11.1 Å². The number of nitrogens with zero attached hydrogens (tertiary/aromatic N) is 4. The molecule has 2 aromatic heterocycles. The summed E-state index contributed by atoms with van der Waals surface area (Å²) in [6.45, 7) is 5.81. The molecule has 0 unspecified atom stereocenters. The fourth-order valence-electron chi connectivity index (χ4n) is 4.59. The lowest BCUT2D eigenvalue weighted by molar-refractivity contribution is -0.140. The maximum absolute atomic E-state index is 13.4. The Morgan fingerprint density at radius 1 is 0.838 bits per heavy atom. The van der Waals surface area contributed by atoms with Gasteiger partial charge in [-0.3, -0.25) is 9.80 Å². The highest BCUT2D eigenvalue weighted by Gasteiger charge is 2.33. The van der Waals surface area contributed by atoms with Gasteiger partial charge in [-0.05, 0) is 35.4 Å². The Morgan fingerprint density at radius 2 is 1.54 bits per heavy atom. The van der Waals surface area contributed by atoms with E-state index in [1.165, 1.54) is 18.2 Å². The van der Waals surface area contributed by atoms with E-state index in [1.807, 2.05) is 42.5 Å². The number of halogens is 4. The van der Waals surface area contributed by atoms with Crippen molar-refractivity contribution in [3.05, 3.63) is 90.0 Å². The topological polar surface area (TPSA) is 44.3 Å². The molecule has 1 N–H and O–H groups in total. The molecule has 4 aromatic rings. The van der Waals surface area contributed by atoms with Gasteiger partial charge in [-0.25, -0.2) is 14.4 Å². The molecule has 37 heavy (non-hydrogen) atoms. The lowest BCUT2D eigenvalue weighted by Gasteiger charge is -2.34. The van der Waals surface area contributed by atoms with Crippen LogP contribution in [-0.4, -0.2) is 59.0 Å². The van der Waals surface area contributed by atoms with E-state index < -0.39 is 11.9 Å². The molecular formula is C28H27F4N5. The maximum atomic E-state index is 13.4. The fraction of sp³-hybridized carbons (Fsp3) is 0.286. The first-order valence-electron chi connectivity index (χ1n) is 12.2. The molecule has 0 aliphatic carbocycles. The summed E-state index contributed by atoms with van der Waals surface area (Å²) < 4.78 is 53.3. The number of hydrogen-bond acceptors (Lipinski definition) is 5. The molecule has 1 fully saturated rings. The molecule has 1 aliphatic rings. The molecule has 1 saturated heterocycles. The number of aromatic nitrogens is 2. The number of hydrogen-bond donors (Lipinski definition) is 1. The highest BCUT2D eigenvalue weighted by molar-refractivity contribution is 5.99. The molecular weight excluding hydrogens is 482 g/mol. The first kappa shape index (κ1) is 25.1. The molecule has 0 saturated carbocycles. The molecule has 2 aromatic carbocycles. The van der Waals surface area contributed by atoms with E-state index in [4.69, 9.17) is 0 Å². The van der Waals surface area contributed by atoms with Gasteiger partial charge in [-0.1, -0.05) is 42.5 Å². The van der Waals surface area contributed by atoms with Gasteiger partial charge < -0.3 is 5.32 Å². The minimum Gasteiger partial charge on any atom is -0.368 e. The summed E-state index contributed by atoms with van der Waals surface area (Å²) >= 11 is 0. The molecule has 5 nitrogen and oxygen atoms in total. The van der Waals surface area contributed by atoms with Gasteiger partial charge in [0.25, 0.3) is 0 Å². The first-order chi connectivity index (χ1) is 17.9. The first-order valence-corrected chi connectivity index (χ1v) is 12.2. The largest absolute Gasteiger partial charge is 0.433 e. The lowest BCUT2D eigenvalue weighted by atomic mass is 10.0. The normalized spacial score (nSPS) is 15.2. The standard InChI is InChI=1S/C28H27F4N5/c29-22-8-6-20(7-9-22)19-37-16-14-36(15-17-37)13-12-33-27-23-10-11-25(28(30,31)32)35-26(23)24(18-34-27)21-4-2-1-3-5-21/h1-11,18H,12-17,19H2,(H,33,34). The van der Waals surface area contributed by atoms with E-state index in [2.05, 4.69) is 25.1 Å². The predicted octanol–water partition coefficient (Wildman–Crippen LogP) is 5.68. The van der Waals surface area contributed by atoms with E-state index in [-0.39, 0.29) is 11.3 Å². The van der Waals surface area contributed by atoms with Crippen LogP contribution in [0.15, 0.2) is 72.9 Å². The summed E-state index contributed by atoms with van der Waals surface area (Å²) in [5, 5.41) is 3.86. The van der Waals surface area contributed by atoms with Gasteiger partial charge in [0.1, 0.15) is 17.3 Å². The molecule has 9 heteroatoms. The van der Waals surface area contributed by atoms with Gasteiger partial charge in [0.15, 0.2) is 0 Å². The van der Waals surface area contributed by atoms with Crippen LogP contribution in [0.5, 0.6) is 0 Å². The van der Waals surface area contributed by atoms with Gasteiger partial charge in [0.05, 0.1) is 5.52 Å². The van der Waals surface area contributed by atoms with Crippen molar-refractivity contribution in [2.75, 3.05) is 44.6 Å². The van der Waals surface area contributed by atoms with Crippen LogP contribution in [-0.2, 0) is 12.7 Å². The van der Waals surface area contributed by atoms with E-state index in [0.717, 1.165) is 56.5 Å². The second-order valence-corrected chi connectivity index (χ2v) is 9.15. The molecule has 192 valence electrons. The summed E-state index contributed by atoms with van der Waals surface area (Å²) in [6, 6.07) is 18.2. The number of anilines is 1. The molecule has 0 atom stereocenters. The van der Waals surface area contributed by atoms with Gasteiger partial charge in [0, 0.05) is 63.0 Å². The Bertz CT molecular complexity index is 1330. The monoisotopic (exact) mass is 509 g/mol. The van der Waals surface area contributed by atoms with E-state index in [0.29, 0.717) is 23.3 Å². The molecule has 0 bridgehead atoms. The van der Waals surface area contributed by atoms with E-state index >= 15 is 0 Å². The minimum absolute atomic E-state index is 0.227. The van der Waals surface area contributed by atoms with E-state index in [1.54, 1.807) is 6.20 Å². The second kappa shape index (κ2) is 10.8. The van der Waals surface area contributed by atoms with Crippen LogP contribution in [0.3, 0.4) is 0 Å². The van der Waals surface area contributed by atoms with Crippen molar-refractivity contribution in [1.29, 1.82) is 0 Å². The van der Waals surface area contributed by atoms with Crippen molar-refractivity contribution >= 4 is 16.7 Å². The van der Waals surface area contributed by atoms with Crippen LogP contribution in [0.4, 0.5) is 23.4 Å². The summed E-state index contributed by atoms with van der Waals surface area (Å²) in [5.41, 5.74) is 1.76. The fourth-order valence-corrected chi connectivity index (χ4v) is 4.59. The predicted molar refractivity (Wildman–Crippen MR) is 137 cm³/mol. The number of fused-ring (bicyclic) bond motifs is 1. The SMILES string of the molecule is Fc1ccc(CN2CCN(CCNc3ncc(-c4ccccc4)c4nc(C(F)(F)F)ccc34)CC2)cc1. The zero-order chi connectivity index (χ0) is 25.8. The van der Waals surface area contributed by atoms with Crippen molar-refractivity contribution in [2.45, 2.75) is 12.7 Å². The number of rotatable bonds is 7. The van der Waals surface area contributed by atoms with Gasteiger partial charge >= 0.3 is 6.18 Å². The smallest absolute Gasteiger partial charge is 0.368 e. The lowest BCUT2D eigenvalue weighted by Crippen LogP contribution is -2.47. The second-order valence-electron chi connectivity index (χ2n) is 9.15. The van der Waals surface area contributed by atoms with Crippen LogP contribution in [0, 0.1) is 5.82 Å². The summed E-state index contributed by atoms with van der Waals surface area (Å²) in [6.07, 6.45) is -2.95. The third-order valence-corrected chi connectivity index (χ3v) is 6.61. The number of nitrogens with one attached hydrogen (secondary N) is 1. The summed E-state index contributed by atoms with van der Waals surface area (Å²) in [4.78, 5) is 13.2. The molecule has 0 spiro atoms. The van der Waals surface area contributed by atoms with Crippen LogP contribution < -0.4 is 5.32 Å². The third kappa shape index (κ3) is 6.06. The number of benzene rings is 2. The maximum Gasteiger partial charge on any atom is 0.433 e. The highest BCUT2D eigenvalue weighted by atomic mass is 19.4. The Labute approximate surface area is 212 Å². The van der Waals surface area contributed by atoms with Gasteiger partial charge in [0.2, 0.25) is 0 Å². The summed E-state index contributed by atoms with van der Waals surface area (Å²) in [5.74, 6) is 0.292. The quantitative estimate of drug-likeness (QED) is 0.325. The molecule has 5 rings (SSSR count). The molecule has 0 radical (unpaired) electrons. The average Bonchev–Trinajstić information content (AvgIpc) is 2.91. The van der Waals surface area contributed by atoms with Gasteiger partial charge in [-0.2, -0.15) is 13.2 Å². The Kier molecular flexibility index (Phi) is 7.34. The number of piperazine rings is 1.